The van der Waals surface area contributed by atoms with E-state index in [1.807, 2.05) is 36.4 Å². The highest BCUT2D eigenvalue weighted by Crippen LogP contribution is 2.11. The molecular weight excluding hydrogens is 268 g/mol. The second kappa shape index (κ2) is 4.53. The van der Waals surface area contributed by atoms with Crippen molar-refractivity contribution in [3.8, 4) is 0 Å². The summed E-state index contributed by atoms with van der Waals surface area (Å²) in [5, 5.41) is 16.9. The van der Waals surface area contributed by atoms with Crippen molar-refractivity contribution in [2.45, 2.75) is 6.42 Å². The van der Waals surface area contributed by atoms with Crippen molar-refractivity contribution in [3.63, 3.8) is 0 Å². The van der Waals surface area contributed by atoms with Gasteiger partial charge in [0.25, 0.3) is 0 Å². The van der Waals surface area contributed by atoms with Gasteiger partial charge in [-0.15, -0.1) is 0 Å². The van der Waals surface area contributed by atoms with Crippen LogP contribution in [0, 0.1) is 5.41 Å². The van der Waals surface area contributed by atoms with E-state index in [-0.39, 0.29) is 5.49 Å². The highest BCUT2D eigenvalue weighted by atomic mass is 79.9. The van der Waals surface area contributed by atoms with Crippen molar-refractivity contribution >= 4 is 15.9 Å². The van der Waals surface area contributed by atoms with Crippen LogP contribution < -0.4 is 5.49 Å². The Hall–Kier alpha value is -1.55. The molecule has 2 N–H and O–H groups in total. The summed E-state index contributed by atoms with van der Waals surface area (Å²) >= 11 is 3.24. The van der Waals surface area contributed by atoms with Crippen LogP contribution in [0.1, 0.15) is 11.1 Å². The van der Waals surface area contributed by atoms with Crippen molar-refractivity contribution in [1.82, 2.24) is 4.73 Å². The SMILES string of the molecule is N=c1c(Br)cc(Cc2ccccc2)cn1O. The molecule has 0 atom stereocenters. The number of halogens is 1. The Morgan fingerprint density at radius 3 is 2.50 bits per heavy atom. The Bertz CT molecular complexity index is 522. The Morgan fingerprint density at radius 1 is 1.19 bits per heavy atom. The largest absolute Gasteiger partial charge is 0.427 e. The molecule has 0 spiro atoms. The van der Waals surface area contributed by atoms with Gasteiger partial charge in [-0.3, -0.25) is 5.41 Å². The van der Waals surface area contributed by atoms with Gasteiger partial charge in [0.1, 0.15) is 0 Å². The molecule has 16 heavy (non-hydrogen) atoms. The highest BCUT2D eigenvalue weighted by Gasteiger charge is 2.01. The topological polar surface area (TPSA) is 49.0 Å². The molecule has 0 aliphatic carbocycles. The van der Waals surface area contributed by atoms with Crippen molar-refractivity contribution < 1.29 is 5.21 Å². The van der Waals surface area contributed by atoms with Crippen LogP contribution in [-0.2, 0) is 6.42 Å². The van der Waals surface area contributed by atoms with Crippen LogP contribution in [0.5, 0.6) is 0 Å². The van der Waals surface area contributed by atoms with Crippen LogP contribution in [-0.4, -0.2) is 9.94 Å². The van der Waals surface area contributed by atoms with Crippen molar-refractivity contribution in [1.29, 1.82) is 5.41 Å². The van der Waals surface area contributed by atoms with Crippen molar-refractivity contribution in [2.24, 2.45) is 0 Å². The minimum Gasteiger partial charge on any atom is -0.427 e. The lowest BCUT2D eigenvalue weighted by molar-refractivity contribution is 0.169. The molecule has 4 heteroatoms. The molecule has 0 unspecified atom stereocenters. The molecule has 1 aromatic carbocycles. The molecule has 0 aliphatic heterocycles. The van der Waals surface area contributed by atoms with E-state index in [1.54, 1.807) is 6.20 Å². The Balaban J connectivity index is 2.33. The first-order valence-corrected chi connectivity index (χ1v) is 5.65. The quantitative estimate of drug-likeness (QED) is 0.815. The molecule has 0 amide bonds. The molecule has 1 heterocycles. The average Bonchev–Trinajstić information content (AvgIpc) is 2.27. The normalized spacial score (nSPS) is 10.3. The predicted molar refractivity (Wildman–Crippen MR) is 64.4 cm³/mol. The molecule has 0 bridgehead atoms. The Labute approximate surface area is 102 Å². The minimum atomic E-state index is 0.0526. The van der Waals surface area contributed by atoms with E-state index in [4.69, 9.17) is 5.41 Å². The van der Waals surface area contributed by atoms with Crippen LogP contribution >= 0.6 is 15.9 Å². The van der Waals surface area contributed by atoms with Gasteiger partial charge in [0.15, 0.2) is 5.49 Å². The van der Waals surface area contributed by atoms with Crippen LogP contribution in [0.3, 0.4) is 0 Å². The third-order valence-corrected chi connectivity index (χ3v) is 2.91. The number of hydrogen-bond acceptors (Lipinski definition) is 2. The van der Waals surface area contributed by atoms with Gasteiger partial charge in [-0.25, -0.2) is 0 Å². The first-order valence-electron chi connectivity index (χ1n) is 4.85. The molecule has 2 rings (SSSR count). The van der Waals surface area contributed by atoms with Gasteiger partial charge in [-0.05, 0) is 39.5 Å². The van der Waals surface area contributed by atoms with E-state index in [0.29, 0.717) is 4.47 Å². The summed E-state index contributed by atoms with van der Waals surface area (Å²) in [4.78, 5) is 0. The van der Waals surface area contributed by atoms with E-state index in [2.05, 4.69) is 15.9 Å². The highest BCUT2D eigenvalue weighted by molar-refractivity contribution is 9.10. The van der Waals surface area contributed by atoms with Gasteiger partial charge in [0.05, 0.1) is 4.47 Å². The number of aromatic nitrogens is 1. The lowest BCUT2D eigenvalue weighted by Crippen LogP contribution is -2.18. The maximum atomic E-state index is 9.46. The van der Waals surface area contributed by atoms with Gasteiger partial charge in [0.2, 0.25) is 0 Å². The molecule has 0 saturated carbocycles. The van der Waals surface area contributed by atoms with E-state index in [0.717, 1.165) is 16.7 Å². The van der Waals surface area contributed by atoms with Gasteiger partial charge in [0, 0.05) is 6.20 Å². The third kappa shape index (κ3) is 2.33. The average molecular weight is 279 g/mol. The summed E-state index contributed by atoms with van der Waals surface area (Å²) in [6, 6.07) is 11.8. The molecule has 0 saturated heterocycles. The molecule has 0 fully saturated rings. The van der Waals surface area contributed by atoms with Crippen LogP contribution in [0.25, 0.3) is 0 Å². The zero-order valence-corrected chi connectivity index (χ0v) is 10.1. The van der Waals surface area contributed by atoms with Gasteiger partial charge >= 0.3 is 0 Å². The number of nitrogens with zero attached hydrogens (tertiary/aromatic N) is 1. The molecule has 82 valence electrons. The van der Waals surface area contributed by atoms with E-state index in [9.17, 15) is 5.21 Å². The summed E-state index contributed by atoms with van der Waals surface area (Å²) in [6.45, 7) is 0. The fourth-order valence-electron chi connectivity index (χ4n) is 1.53. The van der Waals surface area contributed by atoms with Crippen molar-refractivity contribution in [2.75, 3.05) is 0 Å². The first kappa shape index (κ1) is 11.0. The van der Waals surface area contributed by atoms with Gasteiger partial charge in [-0.1, -0.05) is 30.3 Å². The van der Waals surface area contributed by atoms with E-state index in [1.165, 1.54) is 5.56 Å². The number of benzene rings is 1. The lowest BCUT2D eigenvalue weighted by Gasteiger charge is -2.05. The molecule has 0 aliphatic rings. The summed E-state index contributed by atoms with van der Waals surface area (Å²) in [5.74, 6) is 0. The summed E-state index contributed by atoms with van der Waals surface area (Å²) < 4.78 is 1.41. The number of nitrogens with one attached hydrogen (secondary N) is 1. The zero-order valence-electron chi connectivity index (χ0n) is 8.52. The van der Waals surface area contributed by atoms with Crippen LogP contribution in [0.15, 0.2) is 47.1 Å². The second-order valence-electron chi connectivity index (χ2n) is 3.55. The second-order valence-corrected chi connectivity index (χ2v) is 4.41. The van der Waals surface area contributed by atoms with E-state index >= 15 is 0 Å². The Morgan fingerprint density at radius 2 is 1.88 bits per heavy atom. The molecule has 0 radical (unpaired) electrons. The first-order chi connectivity index (χ1) is 7.66. The summed E-state index contributed by atoms with van der Waals surface area (Å²) in [7, 11) is 0. The van der Waals surface area contributed by atoms with Crippen molar-refractivity contribution in [3.05, 3.63) is 63.7 Å². The minimum absolute atomic E-state index is 0.0526. The van der Waals surface area contributed by atoms with Crippen LogP contribution in [0.2, 0.25) is 0 Å². The van der Waals surface area contributed by atoms with Gasteiger partial charge in [-0.2, -0.15) is 4.73 Å². The molecular formula is C12H11BrN2O. The van der Waals surface area contributed by atoms with Gasteiger partial charge < -0.3 is 5.21 Å². The third-order valence-electron chi connectivity index (χ3n) is 2.31. The summed E-state index contributed by atoms with van der Waals surface area (Å²) in [6.07, 6.45) is 2.29. The van der Waals surface area contributed by atoms with Crippen LogP contribution in [0.4, 0.5) is 0 Å². The van der Waals surface area contributed by atoms with E-state index < -0.39 is 0 Å². The fraction of sp³-hybridized carbons (Fsp3) is 0.0833. The molecule has 2 aromatic rings. The predicted octanol–water partition coefficient (Wildman–Crippen LogP) is 2.56. The number of hydrogen-bond donors (Lipinski definition) is 2. The molecule has 1 aromatic heterocycles. The Kier molecular flexibility index (Phi) is 3.10. The zero-order chi connectivity index (χ0) is 11.5. The number of rotatable bonds is 2. The number of pyridine rings is 1. The summed E-state index contributed by atoms with van der Waals surface area (Å²) in [5.41, 5.74) is 2.18. The maximum absolute atomic E-state index is 9.46. The molecule has 3 nitrogen and oxygen atoms in total. The standard InChI is InChI=1S/C12H11BrN2O/c13-11-7-10(8-15(16)12(11)14)6-9-4-2-1-3-5-9/h1-5,7-8,14,16H,6H2. The maximum Gasteiger partial charge on any atom is 0.174 e. The lowest BCUT2D eigenvalue weighted by atomic mass is 10.1. The smallest absolute Gasteiger partial charge is 0.174 e. The monoisotopic (exact) mass is 278 g/mol. The fourth-order valence-corrected chi connectivity index (χ4v) is 2.00.